The van der Waals surface area contributed by atoms with E-state index in [9.17, 15) is 0 Å². The van der Waals surface area contributed by atoms with Crippen LogP contribution in [0, 0.1) is 23.7 Å². The Hall–Kier alpha value is -4.54. The molecule has 0 aliphatic heterocycles. The van der Waals surface area contributed by atoms with Crippen molar-refractivity contribution < 1.29 is 18.9 Å². The number of hydrogen-bond acceptors (Lipinski definition) is 4. The highest BCUT2D eigenvalue weighted by Crippen LogP contribution is 2.38. The van der Waals surface area contributed by atoms with E-state index < -0.39 is 0 Å². The van der Waals surface area contributed by atoms with Crippen molar-refractivity contribution in [2.75, 3.05) is 28.4 Å². The van der Waals surface area contributed by atoms with Crippen molar-refractivity contribution in [3.63, 3.8) is 0 Å². The molecule has 0 heterocycles. The van der Waals surface area contributed by atoms with E-state index in [2.05, 4.69) is 47.9 Å². The van der Waals surface area contributed by atoms with E-state index in [-0.39, 0.29) is 0 Å². The summed E-state index contributed by atoms with van der Waals surface area (Å²) < 4.78 is 21.7. The Morgan fingerprint density at radius 2 is 1.03 bits per heavy atom. The number of rotatable bonds is 4. The Labute approximate surface area is 200 Å². The minimum Gasteiger partial charge on any atom is -0.497 e. The summed E-state index contributed by atoms with van der Waals surface area (Å²) in [7, 11) is 6.36. The van der Waals surface area contributed by atoms with Gasteiger partial charge in [-0.1, -0.05) is 54.0 Å². The van der Waals surface area contributed by atoms with Crippen molar-refractivity contribution in [1.29, 1.82) is 0 Å². The maximum Gasteiger partial charge on any atom is 0.203 e. The number of ether oxygens (including phenoxy) is 4. The van der Waals surface area contributed by atoms with Gasteiger partial charge in [0.15, 0.2) is 11.5 Å². The zero-order chi connectivity index (χ0) is 23.9. The van der Waals surface area contributed by atoms with Gasteiger partial charge in [0.25, 0.3) is 0 Å². The van der Waals surface area contributed by atoms with Crippen LogP contribution in [0.15, 0.2) is 72.8 Å². The predicted octanol–water partition coefficient (Wildman–Crippen LogP) is 5.67. The molecule has 0 saturated carbocycles. The van der Waals surface area contributed by atoms with Crippen LogP contribution in [0.25, 0.3) is 10.8 Å². The molecule has 0 aliphatic rings. The summed E-state index contributed by atoms with van der Waals surface area (Å²) in [5.41, 5.74) is 3.30. The fourth-order valence-electron chi connectivity index (χ4n) is 3.57. The van der Waals surface area contributed by atoms with Crippen molar-refractivity contribution >= 4 is 10.8 Å². The van der Waals surface area contributed by atoms with E-state index in [0.29, 0.717) is 23.0 Å². The Bertz CT molecular complexity index is 1440. The first-order valence-corrected chi connectivity index (χ1v) is 10.7. The molecule has 4 rings (SSSR count). The molecule has 0 radical (unpaired) electrons. The van der Waals surface area contributed by atoms with Gasteiger partial charge in [-0.15, -0.1) is 0 Å². The summed E-state index contributed by atoms with van der Waals surface area (Å²) >= 11 is 0. The molecule has 0 bridgehead atoms. The van der Waals surface area contributed by atoms with Gasteiger partial charge >= 0.3 is 0 Å². The summed E-state index contributed by atoms with van der Waals surface area (Å²) in [6, 6.07) is 23.8. The standard InChI is InChI=1S/C30H24O4/c1-31-27-17-22(10-9-21-13-14-25-7-5-6-8-26(25)16-21)15-23(18-27)11-12-24-19-28(32-2)30(34-4)29(20-24)33-3/h5-8,13-20H,1-4H3. The Morgan fingerprint density at radius 1 is 0.471 bits per heavy atom. The van der Waals surface area contributed by atoms with Crippen molar-refractivity contribution in [3.8, 4) is 46.7 Å². The van der Waals surface area contributed by atoms with Gasteiger partial charge in [-0.3, -0.25) is 0 Å². The van der Waals surface area contributed by atoms with Crippen molar-refractivity contribution in [2.45, 2.75) is 0 Å². The largest absolute Gasteiger partial charge is 0.497 e. The van der Waals surface area contributed by atoms with Crippen molar-refractivity contribution in [3.05, 3.63) is 95.1 Å². The van der Waals surface area contributed by atoms with Crippen LogP contribution in [0.2, 0.25) is 0 Å². The zero-order valence-corrected chi connectivity index (χ0v) is 19.6. The normalized spacial score (nSPS) is 9.88. The second kappa shape index (κ2) is 10.4. The molecule has 168 valence electrons. The molecule has 34 heavy (non-hydrogen) atoms. The molecule has 4 aromatic rings. The van der Waals surface area contributed by atoms with E-state index in [1.807, 2.05) is 48.5 Å². The highest BCUT2D eigenvalue weighted by molar-refractivity contribution is 5.83. The number of methoxy groups -OCH3 is 4. The minimum absolute atomic E-state index is 0.531. The Kier molecular flexibility index (Phi) is 6.92. The number of fused-ring (bicyclic) bond motifs is 1. The Morgan fingerprint density at radius 3 is 1.59 bits per heavy atom. The predicted molar refractivity (Wildman–Crippen MR) is 135 cm³/mol. The lowest BCUT2D eigenvalue weighted by Crippen LogP contribution is -1.95. The lowest BCUT2D eigenvalue weighted by molar-refractivity contribution is 0.324. The van der Waals surface area contributed by atoms with Gasteiger partial charge in [0, 0.05) is 22.3 Å². The molecule has 4 nitrogen and oxygen atoms in total. The lowest BCUT2D eigenvalue weighted by Gasteiger charge is -2.12. The van der Waals surface area contributed by atoms with Gasteiger partial charge in [-0.25, -0.2) is 0 Å². The number of benzene rings is 4. The van der Waals surface area contributed by atoms with Crippen molar-refractivity contribution in [1.82, 2.24) is 0 Å². The van der Waals surface area contributed by atoms with E-state index in [1.54, 1.807) is 28.4 Å². The second-order valence-electron chi connectivity index (χ2n) is 7.43. The third-order valence-corrected chi connectivity index (χ3v) is 5.26. The summed E-state index contributed by atoms with van der Waals surface area (Å²) in [4.78, 5) is 0. The SMILES string of the molecule is COc1cc(C#Cc2cc(OC)c(OC)c(OC)c2)cc(C#Cc2ccc3ccccc3c2)c1. The quantitative estimate of drug-likeness (QED) is 0.377. The minimum atomic E-state index is 0.531. The van der Waals surface area contributed by atoms with Crippen LogP contribution in [0.1, 0.15) is 22.3 Å². The highest BCUT2D eigenvalue weighted by atomic mass is 16.5. The zero-order valence-electron chi connectivity index (χ0n) is 19.6. The van der Waals surface area contributed by atoms with E-state index in [1.165, 1.54) is 5.39 Å². The molecular weight excluding hydrogens is 424 g/mol. The molecule has 4 aromatic carbocycles. The molecular formula is C30H24O4. The first-order valence-electron chi connectivity index (χ1n) is 10.7. The van der Waals surface area contributed by atoms with Gasteiger partial charge in [-0.2, -0.15) is 0 Å². The van der Waals surface area contributed by atoms with E-state index in [4.69, 9.17) is 18.9 Å². The fourth-order valence-corrected chi connectivity index (χ4v) is 3.57. The first kappa shape index (κ1) is 22.6. The molecule has 0 aliphatic carbocycles. The van der Waals surface area contributed by atoms with Crippen LogP contribution in [0.3, 0.4) is 0 Å². The summed E-state index contributed by atoms with van der Waals surface area (Å²) in [6.07, 6.45) is 0. The van der Waals surface area contributed by atoms with Gasteiger partial charge in [0.2, 0.25) is 5.75 Å². The van der Waals surface area contributed by atoms with Crippen LogP contribution >= 0.6 is 0 Å². The highest BCUT2D eigenvalue weighted by Gasteiger charge is 2.12. The lowest BCUT2D eigenvalue weighted by atomic mass is 10.1. The monoisotopic (exact) mass is 448 g/mol. The van der Waals surface area contributed by atoms with Crippen LogP contribution in [0.5, 0.6) is 23.0 Å². The van der Waals surface area contributed by atoms with E-state index >= 15 is 0 Å². The van der Waals surface area contributed by atoms with Crippen LogP contribution < -0.4 is 18.9 Å². The van der Waals surface area contributed by atoms with Gasteiger partial charge in [0.1, 0.15) is 5.75 Å². The maximum atomic E-state index is 5.47. The maximum absolute atomic E-state index is 5.47. The smallest absolute Gasteiger partial charge is 0.203 e. The average Bonchev–Trinajstić information content (AvgIpc) is 2.89. The molecule has 0 N–H and O–H groups in total. The summed E-state index contributed by atoms with van der Waals surface area (Å²) in [5, 5.41) is 2.36. The van der Waals surface area contributed by atoms with E-state index in [0.717, 1.165) is 27.6 Å². The fraction of sp³-hybridized carbons (Fsp3) is 0.133. The van der Waals surface area contributed by atoms with Crippen LogP contribution in [-0.2, 0) is 0 Å². The molecule has 0 unspecified atom stereocenters. The number of hydrogen-bond donors (Lipinski definition) is 0. The third-order valence-electron chi connectivity index (χ3n) is 5.26. The molecule has 0 saturated heterocycles. The Balaban J connectivity index is 1.67. The van der Waals surface area contributed by atoms with Gasteiger partial charge < -0.3 is 18.9 Å². The summed E-state index contributed by atoms with van der Waals surface area (Å²) in [5.74, 6) is 15.2. The molecule has 4 heteroatoms. The van der Waals surface area contributed by atoms with Crippen molar-refractivity contribution in [2.24, 2.45) is 0 Å². The van der Waals surface area contributed by atoms with Gasteiger partial charge in [0.05, 0.1) is 28.4 Å². The molecule has 0 amide bonds. The summed E-state index contributed by atoms with van der Waals surface area (Å²) in [6.45, 7) is 0. The molecule has 0 fully saturated rings. The second-order valence-corrected chi connectivity index (χ2v) is 7.43. The van der Waals surface area contributed by atoms with Gasteiger partial charge in [-0.05, 0) is 53.2 Å². The topological polar surface area (TPSA) is 36.9 Å². The first-order chi connectivity index (χ1) is 16.6. The molecule has 0 atom stereocenters. The van der Waals surface area contributed by atoms with Crippen LogP contribution in [-0.4, -0.2) is 28.4 Å². The van der Waals surface area contributed by atoms with Crippen LogP contribution in [0.4, 0.5) is 0 Å². The molecule has 0 aromatic heterocycles. The average molecular weight is 449 g/mol. The third kappa shape index (κ3) is 5.09. The molecule has 0 spiro atoms.